The standard InChI is InChI=1S/C10H13IN6O2/c1-2-3-4-13-8-6-5(7(11)17-16-6)14-10(15-8)19-9(12)18/h2-4H2,1H3,(H2,12,18)(H,16,17)(H,13,14,15). The van der Waals surface area contributed by atoms with Crippen molar-refractivity contribution in [2.45, 2.75) is 19.8 Å². The van der Waals surface area contributed by atoms with Crippen molar-refractivity contribution in [1.82, 2.24) is 20.2 Å². The van der Waals surface area contributed by atoms with Crippen LogP contribution in [0.5, 0.6) is 6.01 Å². The second-order valence-corrected chi connectivity index (χ2v) is 4.87. The highest BCUT2D eigenvalue weighted by molar-refractivity contribution is 14.1. The van der Waals surface area contributed by atoms with Crippen LogP contribution in [0.3, 0.4) is 0 Å². The highest BCUT2D eigenvalue weighted by Crippen LogP contribution is 2.24. The zero-order valence-electron chi connectivity index (χ0n) is 10.2. The second kappa shape index (κ2) is 5.99. The molecule has 102 valence electrons. The van der Waals surface area contributed by atoms with Crippen LogP contribution < -0.4 is 15.8 Å². The molecule has 0 aliphatic heterocycles. The van der Waals surface area contributed by atoms with E-state index in [1.807, 2.05) is 0 Å². The number of nitrogens with zero attached hydrogens (tertiary/aromatic N) is 3. The van der Waals surface area contributed by atoms with Crippen LogP contribution in [-0.2, 0) is 0 Å². The van der Waals surface area contributed by atoms with E-state index >= 15 is 0 Å². The minimum atomic E-state index is -0.947. The summed E-state index contributed by atoms with van der Waals surface area (Å²) < 4.78 is 5.46. The number of nitrogens with two attached hydrogens (primary N) is 1. The van der Waals surface area contributed by atoms with Gasteiger partial charge in [0.2, 0.25) is 0 Å². The van der Waals surface area contributed by atoms with Gasteiger partial charge in [-0.2, -0.15) is 15.1 Å². The minimum Gasteiger partial charge on any atom is -0.374 e. The molecule has 2 aromatic rings. The van der Waals surface area contributed by atoms with Crippen LogP contribution in [0.4, 0.5) is 10.6 Å². The van der Waals surface area contributed by atoms with Crippen molar-refractivity contribution in [2.24, 2.45) is 5.73 Å². The number of unbranched alkanes of at least 4 members (excludes halogenated alkanes) is 1. The summed E-state index contributed by atoms with van der Waals surface area (Å²) in [6.07, 6.45) is 1.11. The largest absolute Gasteiger partial charge is 0.412 e. The van der Waals surface area contributed by atoms with Crippen LogP contribution in [0.25, 0.3) is 11.0 Å². The van der Waals surface area contributed by atoms with Crippen molar-refractivity contribution in [2.75, 3.05) is 11.9 Å². The molecule has 0 aliphatic rings. The van der Waals surface area contributed by atoms with E-state index in [4.69, 9.17) is 10.5 Å². The molecule has 2 heterocycles. The number of ether oxygens (including phenoxy) is 1. The molecule has 0 aromatic carbocycles. The van der Waals surface area contributed by atoms with Crippen molar-refractivity contribution in [3.05, 3.63) is 3.70 Å². The average molecular weight is 376 g/mol. The summed E-state index contributed by atoms with van der Waals surface area (Å²) in [6.45, 7) is 2.85. The quantitative estimate of drug-likeness (QED) is 0.539. The molecule has 2 aromatic heterocycles. The van der Waals surface area contributed by atoms with Crippen LogP contribution in [0, 0.1) is 3.70 Å². The highest BCUT2D eigenvalue weighted by atomic mass is 127. The van der Waals surface area contributed by atoms with Crippen molar-refractivity contribution >= 4 is 45.5 Å². The van der Waals surface area contributed by atoms with Gasteiger partial charge in [0.05, 0.1) is 0 Å². The molecule has 0 bridgehead atoms. The number of hydrogen-bond acceptors (Lipinski definition) is 6. The van der Waals surface area contributed by atoms with Gasteiger partial charge in [0.15, 0.2) is 11.3 Å². The number of anilines is 1. The number of nitrogens with one attached hydrogen (secondary N) is 2. The van der Waals surface area contributed by atoms with E-state index in [9.17, 15) is 4.79 Å². The summed E-state index contributed by atoms with van der Waals surface area (Å²) in [5.74, 6) is 0.522. The topological polar surface area (TPSA) is 119 Å². The van der Waals surface area contributed by atoms with Gasteiger partial charge in [0.25, 0.3) is 0 Å². The molecule has 19 heavy (non-hydrogen) atoms. The number of hydrogen-bond donors (Lipinski definition) is 3. The summed E-state index contributed by atoms with van der Waals surface area (Å²) in [6, 6.07) is -0.0849. The fourth-order valence-corrected chi connectivity index (χ4v) is 1.99. The lowest BCUT2D eigenvalue weighted by molar-refractivity contribution is 0.207. The summed E-state index contributed by atoms with van der Waals surface area (Å²) in [5.41, 5.74) is 6.16. The zero-order valence-corrected chi connectivity index (χ0v) is 12.4. The normalized spacial score (nSPS) is 10.6. The summed E-state index contributed by atoms with van der Waals surface area (Å²) in [4.78, 5) is 19.0. The van der Waals surface area contributed by atoms with E-state index < -0.39 is 6.09 Å². The summed E-state index contributed by atoms with van der Waals surface area (Å²) >= 11 is 2.06. The Morgan fingerprint density at radius 3 is 2.95 bits per heavy atom. The maximum atomic E-state index is 10.8. The first-order valence-corrected chi connectivity index (χ1v) is 6.82. The van der Waals surface area contributed by atoms with Crippen LogP contribution in [0.15, 0.2) is 0 Å². The molecule has 0 saturated heterocycles. The number of halogens is 1. The first kappa shape index (κ1) is 13.8. The summed E-state index contributed by atoms with van der Waals surface area (Å²) in [5, 5.41) is 10.1. The van der Waals surface area contributed by atoms with E-state index in [1.54, 1.807) is 0 Å². The van der Waals surface area contributed by atoms with Crippen LogP contribution in [0.1, 0.15) is 19.8 Å². The van der Waals surface area contributed by atoms with Gasteiger partial charge in [-0.05, 0) is 29.0 Å². The van der Waals surface area contributed by atoms with E-state index in [0.717, 1.165) is 23.1 Å². The van der Waals surface area contributed by atoms with Crippen molar-refractivity contribution in [1.29, 1.82) is 0 Å². The number of aromatic amines is 1. The fraction of sp³-hybridized carbons (Fsp3) is 0.400. The lowest BCUT2D eigenvalue weighted by atomic mass is 10.3. The predicted octanol–water partition coefficient (Wildman–Crippen LogP) is 1.63. The maximum absolute atomic E-state index is 10.8. The highest BCUT2D eigenvalue weighted by Gasteiger charge is 2.15. The van der Waals surface area contributed by atoms with Crippen LogP contribution >= 0.6 is 22.6 Å². The van der Waals surface area contributed by atoms with E-state index in [-0.39, 0.29) is 6.01 Å². The number of aromatic nitrogens is 4. The van der Waals surface area contributed by atoms with Gasteiger partial charge in [-0.1, -0.05) is 13.3 Å². The number of carbonyl (C=O) groups is 1. The molecule has 0 unspecified atom stereocenters. The molecular formula is C10H13IN6O2. The lowest BCUT2D eigenvalue weighted by Crippen LogP contribution is -2.18. The Bertz CT molecular complexity index is 599. The van der Waals surface area contributed by atoms with Gasteiger partial charge in [-0.3, -0.25) is 5.10 Å². The molecule has 4 N–H and O–H groups in total. The first-order chi connectivity index (χ1) is 9.11. The Morgan fingerprint density at radius 1 is 1.47 bits per heavy atom. The number of primary amides is 1. The number of H-pyrrole nitrogens is 1. The molecule has 1 amide bonds. The Morgan fingerprint density at radius 2 is 2.26 bits per heavy atom. The molecule has 8 nitrogen and oxygen atoms in total. The smallest absolute Gasteiger partial charge is 0.374 e. The molecule has 2 rings (SSSR count). The van der Waals surface area contributed by atoms with Gasteiger partial charge in [0, 0.05) is 6.54 Å². The monoisotopic (exact) mass is 376 g/mol. The van der Waals surface area contributed by atoms with E-state index in [2.05, 4.69) is 55.0 Å². The van der Waals surface area contributed by atoms with Crippen LogP contribution in [-0.4, -0.2) is 32.8 Å². The van der Waals surface area contributed by atoms with Gasteiger partial charge in [0.1, 0.15) is 9.22 Å². The van der Waals surface area contributed by atoms with Gasteiger partial charge in [-0.25, -0.2) is 4.79 Å². The SMILES string of the molecule is CCCCNc1nc(OC(N)=O)nc2c(I)[nH]nc12. The predicted molar refractivity (Wildman–Crippen MR) is 78.0 cm³/mol. The third kappa shape index (κ3) is 3.22. The Labute approximate surface area is 122 Å². The molecule has 9 heteroatoms. The number of amides is 1. The van der Waals surface area contributed by atoms with Crippen molar-refractivity contribution in [3.8, 4) is 6.01 Å². The fourth-order valence-electron chi connectivity index (χ4n) is 1.49. The van der Waals surface area contributed by atoms with Crippen molar-refractivity contribution in [3.63, 3.8) is 0 Å². The Hall–Kier alpha value is -1.65. The average Bonchev–Trinajstić information content (AvgIpc) is 2.71. The first-order valence-electron chi connectivity index (χ1n) is 5.74. The van der Waals surface area contributed by atoms with Gasteiger partial charge >= 0.3 is 12.1 Å². The zero-order chi connectivity index (χ0) is 13.8. The molecule has 0 radical (unpaired) electrons. The molecule has 0 aliphatic carbocycles. The molecule has 0 fully saturated rings. The number of fused-ring (bicyclic) bond motifs is 1. The van der Waals surface area contributed by atoms with Crippen LogP contribution in [0.2, 0.25) is 0 Å². The Balaban J connectivity index is 2.37. The second-order valence-electron chi connectivity index (χ2n) is 3.79. The molecule has 0 saturated carbocycles. The minimum absolute atomic E-state index is 0.0849. The molecule has 0 atom stereocenters. The third-order valence-electron chi connectivity index (χ3n) is 2.35. The summed E-state index contributed by atoms with van der Waals surface area (Å²) in [7, 11) is 0. The number of rotatable bonds is 5. The van der Waals surface area contributed by atoms with E-state index in [0.29, 0.717) is 16.9 Å². The maximum Gasteiger partial charge on any atom is 0.412 e. The lowest BCUT2D eigenvalue weighted by Gasteiger charge is -2.06. The van der Waals surface area contributed by atoms with Gasteiger partial charge in [-0.15, -0.1) is 0 Å². The molecular weight excluding hydrogens is 363 g/mol. The number of carbonyl (C=O) groups excluding carboxylic acids is 1. The van der Waals surface area contributed by atoms with E-state index in [1.165, 1.54) is 0 Å². The van der Waals surface area contributed by atoms with Gasteiger partial charge < -0.3 is 15.8 Å². The molecule has 0 spiro atoms. The van der Waals surface area contributed by atoms with Crippen molar-refractivity contribution < 1.29 is 9.53 Å². The third-order valence-corrected chi connectivity index (χ3v) is 3.10. The Kier molecular flexibility index (Phi) is 4.35.